The average molecular weight is 331 g/mol. The Labute approximate surface area is 147 Å². The molecular formula is C22H19O3-. The van der Waals surface area contributed by atoms with E-state index in [-0.39, 0.29) is 11.2 Å². The molecule has 3 aromatic rings. The number of para-hydroxylation sites is 1. The Bertz CT molecular complexity index is 865. The van der Waals surface area contributed by atoms with Crippen molar-refractivity contribution in [1.82, 2.24) is 0 Å². The molecule has 3 nitrogen and oxygen atoms in total. The van der Waals surface area contributed by atoms with Crippen LogP contribution in [-0.4, -0.2) is 6.16 Å². The lowest BCUT2D eigenvalue weighted by atomic mass is 9.78. The molecule has 0 bridgehead atoms. The molecule has 0 aliphatic heterocycles. The largest absolute Gasteiger partial charge is 0.513 e. The van der Waals surface area contributed by atoms with Crippen LogP contribution in [0.3, 0.4) is 0 Å². The van der Waals surface area contributed by atoms with Gasteiger partial charge in [-0.1, -0.05) is 86.6 Å². The van der Waals surface area contributed by atoms with Crippen molar-refractivity contribution >= 4 is 6.16 Å². The van der Waals surface area contributed by atoms with Gasteiger partial charge < -0.3 is 14.6 Å². The SMILES string of the molecule is CC(C)(c1ccccc1)c1ccc(-c2ccccc2OC(=O)[O-])cc1. The van der Waals surface area contributed by atoms with Crippen molar-refractivity contribution in [1.29, 1.82) is 0 Å². The fraction of sp³-hybridized carbons (Fsp3) is 0.136. The topological polar surface area (TPSA) is 49.4 Å². The Morgan fingerprint density at radius 2 is 1.36 bits per heavy atom. The summed E-state index contributed by atoms with van der Waals surface area (Å²) in [6.45, 7) is 4.37. The van der Waals surface area contributed by atoms with E-state index in [9.17, 15) is 9.90 Å². The third-order valence-corrected chi connectivity index (χ3v) is 4.49. The van der Waals surface area contributed by atoms with Gasteiger partial charge in [0.05, 0.1) is 5.75 Å². The van der Waals surface area contributed by atoms with Crippen LogP contribution in [-0.2, 0) is 5.41 Å². The number of hydrogen-bond donors (Lipinski definition) is 0. The Balaban J connectivity index is 1.95. The summed E-state index contributed by atoms with van der Waals surface area (Å²) in [5.41, 5.74) is 3.91. The van der Waals surface area contributed by atoms with Crippen LogP contribution < -0.4 is 9.84 Å². The van der Waals surface area contributed by atoms with Gasteiger partial charge in [0.2, 0.25) is 0 Å². The second kappa shape index (κ2) is 6.81. The molecule has 0 spiro atoms. The maximum atomic E-state index is 10.8. The normalized spacial score (nSPS) is 11.1. The van der Waals surface area contributed by atoms with Gasteiger partial charge in [-0.25, -0.2) is 0 Å². The highest BCUT2D eigenvalue weighted by Crippen LogP contribution is 2.34. The first-order valence-corrected chi connectivity index (χ1v) is 8.13. The summed E-state index contributed by atoms with van der Waals surface area (Å²) in [6.07, 6.45) is -1.56. The Morgan fingerprint density at radius 3 is 2.00 bits per heavy atom. The third kappa shape index (κ3) is 3.56. The van der Waals surface area contributed by atoms with Gasteiger partial charge in [-0.15, -0.1) is 0 Å². The first kappa shape index (κ1) is 16.8. The standard InChI is InChI=1S/C22H20O3/c1-22(2,17-8-4-3-5-9-17)18-14-12-16(13-15-18)19-10-6-7-11-20(19)25-21(23)24/h3-15H,1-2H3,(H,23,24)/p-1. The number of rotatable bonds is 4. The Hall–Kier alpha value is -3.07. The zero-order valence-electron chi connectivity index (χ0n) is 14.2. The van der Waals surface area contributed by atoms with Gasteiger partial charge in [0.25, 0.3) is 6.16 Å². The summed E-state index contributed by atoms with van der Waals surface area (Å²) < 4.78 is 4.77. The van der Waals surface area contributed by atoms with Crippen LogP contribution in [0.2, 0.25) is 0 Å². The van der Waals surface area contributed by atoms with E-state index in [1.54, 1.807) is 12.1 Å². The monoisotopic (exact) mass is 331 g/mol. The molecule has 0 aromatic heterocycles. The second-order valence-electron chi connectivity index (χ2n) is 6.42. The van der Waals surface area contributed by atoms with E-state index in [1.807, 2.05) is 42.5 Å². The molecule has 25 heavy (non-hydrogen) atoms. The van der Waals surface area contributed by atoms with Gasteiger partial charge in [-0.05, 0) is 22.8 Å². The lowest BCUT2D eigenvalue weighted by Gasteiger charge is -2.26. The van der Waals surface area contributed by atoms with E-state index in [0.29, 0.717) is 0 Å². The number of carbonyl (C=O) groups excluding carboxylic acids is 1. The molecule has 0 amide bonds. The fourth-order valence-corrected chi connectivity index (χ4v) is 2.97. The fourth-order valence-electron chi connectivity index (χ4n) is 2.97. The van der Waals surface area contributed by atoms with Gasteiger partial charge in [0, 0.05) is 11.0 Å². The highest BCUT2D eigenvalue weighted by atomic mass is 16.7. The molecule has 126 valence electrons. The molecule has 0 heterocycles. The summed E-state index contributed by atoms with van der Waals surface area (Å²) >= 11 is 0. The average Bonchev–Trinajstić information content (AvgIpc) is 2.62. The highest BCUT2D eigenvalue weighted by Gasteiger charge is 2.22. The van der Waals surface area contributed by atoms with Crippen molar-refractivity contribution in [3.8, 4) is 16.9 Å². The van der Waals surface area contributed by atoms with E-state index in [4.69, 9.17) is 4.74 Å². The predicted molar refractivity (Wildman–Crippen MR) is 96.5 cm³/mol. The van der Waals surface area contributed by atoms with Crippen molar-refractivity contribution in [3.63, 3.8) is 0 Å². The molecule has 0 N–H and O–H groups in total. The first-order chi connectivity index (χ1) is 12.0. The highest BCUT2D eigenvalue weighted by molar-refractivity contribution is 5.74. The van der Waals surface area contributed by atoms with Crippen LogP contribution in [0.4, 0.5) is 4.79 Å². The first-order valence-electron chi connectivity index (χ1n) is 8.13. The molecule has 3 heteroatoms. The van der Waals surface area contributed by atoms with Crippen molar-refractivity contribution in [2.24, 2.45) is 0 Å². The zero-order valence-corrected chi connectivity index (χ0v) is 14.2. The number of benzene rings is 3. The summed E-state index contributed by atoms with van der Waals surface area (Å²) in [4.78, 5) is 10.8. The minimum atomic E-state index is -1.56. The Morgan fingerprint density at radius 1 is 0.800 bits per heavy atom. The van der Waals surface area contributed by atoms with Crippen molar-refractivity contribution in [2.75, 3.05) is 0 Å². The molecule has 3 rings (SSSR count). The molecule has 0 saturated carbocycles. The third-order valence-electron chi connectivity index (χ3n) is 4.49. The minimum absolute atomic E-state index is 0.124. The van der Waals surface area contributed by atoms with Crippen LogP contribution in [0, 0.1) is 0 Å². The summed E-state index contributed by atoms with van der Waals surface area (Å²) in [6, 6.07) is 25.5. The summed E-state index contributed by atoms with van der Waals surface area (Å²) in [5, 5.41) is 10.8. The molecule has 3 aromatic carbocycles. The second-order valence-corrected chi connectivity index (χ2v) is 6.42. The van der Waals surface area contributed by atoms with Crippen LogP contribution in [0.5, 0.6) is 5.75 Å². The molecule has 0 fully saturated rings. The molecule has 0 radical (unpaired) electrons. The van der Waals surface area contributed by atoms with E-state index in [2.05, 4.69) is 38.1 Å². The number of carbonyl (C=O) groups is 1. The lowest BCUT2D eigenvalue weighted by Crippen LogP contribution is -2.26. The van der Waals surface area contributed by atoms with Gasteiger partial charge in [-0.3, -0.25) is 0 Å². The molecule has 0 aliphatic carbocycles. The van der Waals surface area contributed by atoms with E-state index in [0.717, 1.165) is 11.1 Å². The van der Waals surface area contributed by atoms with Crippen molar-refractivity contribution < 1.29 is 14.6 Å². The number of hydrogen-bond acceptors (Lipinski definition) is 3. The van der Waals surface area contributed by atoms with Crippen LogP contribution in [0.1, 0.15) is 25.0 Å². The van der Waals surface area contributed by atoms with Crippen LogP contribution in [0.25, 0.3) is 11.1 Å². The smallest absolute Gasteiger partial charge is 0.257 e. The maximum Gasteiger partial charge on any atom is 0.257 e. The van der Waals surface area contributed by atoms with Gasteiger partial charge in [-0.2, -0.15) is 0 Å². The van der Waals surface area contributed by atoms with Gasteiger partial charge >= 0.3 is 0 Å². The number of carboxylic acid groups (broad SMARTS) is 1. The van der Waals surface area contributed by atoms with E-state index >= 15 is 0 Å². The minimum Gasteiger partial charge on any atom is -0.513 e. The maximum absolute atomic E-state index is 10.8. The van der Waals surface area contributed by atoms with E-state index < -0.39 is 6.16 Å². The van der Waals surface area contributed by atoms with E-state index in [1.165, 1.54) is 11.1 Å². The predicted octanol–water partition coefficient (Wildman–Crippen LogP) is 4.40. The quantitative estimate of drug-likeness (QED) is 0.526. The summed E-state index contributed by atoms with van der Waals surface area (Å²) in [5.74, 6) is 0.276. The van der Waals surface area contributed by atoms with Crippen molar-refractivity contribution in [2.45, 2.75) is 19.3 Å². The molecule has 0 saturated heterocycles. The Kier molecular flexibility index (Phi) is 4.57. The molecule has 0 atom stereocenters. The molecular weight excluding hydrogens is 312 g/mol. The molecule has 0 unspecified atom stereocenters. The zero-order chi connectivity index (χ0) is 17.9. The van der Waals surface area contributed by atoms with Crippen molar-refractivity contribution in [3.05, 3.63) is 90.0 Å². The van der Waals surface area contributed by atoms with Gasteiger partial charge in [0.15, 0.2) is 0 Å². The van der Waals surface area contributed by atoms with Gasteiger partial charge in [0.1, 0.15) is 0 Å². The lowest BCUT2D eigenvalue weighted by molar-refractivity contribution is -0.271. The number of ether oxygens (including phenoxy) is 1. The van der Waals surface area contributed by atoms with Crippen LogP contribution in [0.15, 0.2) is 78.9 Å². The van der Waals surface area contributed by atoms with Crippen LogP contribution >= 0.6 is 0 Å². The summed E-state index contributed by atoms with van der Waals surface area (Å²) in [7, 11) is 0. The molecule has 0 aliphatic rings.